The van der Waals surface area contributed by atoms with Crippen molar-refractivity contribution in [3.63, 3.8) is 0 Å². The molecule has 4 nitrogen and oxygen atoms in total. The van der Waals surface area contributed by atoms with E-state index in [9.17, 15) is 0 Å². The van der Waals surface area contributed by atoms with Gasteiger partial charge in [-0.2, -0.15) is 0 Å². The zero-order valence-electron chi connectivity index (χ0n) is 9.32. The van der Waals surface area contributed by atoms with Gasteiger partial charge in [-0.3, -0.25) is 0 Å². The predicted octanol–water partition coefficient (Wildman–Crippen LogP) is -0.668. The van der Waals surface area contributed by atoms with E-state index >= 15 is 0 Å². The lowest BCUT2D eigenvalue weighted by Crippen LogP contribution is -2.50. The maximum Gasteiger partial charge on any atom is 0.0583 e. The van der Waals surface area contributed by atoms with E-state index in [1.165, 1.54) is 0 Å². The third-order valence-electron chi connectivity index (χ3n) is 3.09. The van der Waals surface area contributed by atoms with E-state index in [4.69, 9.17) is 10.8 Å². The van der Waals surface area contributed by atoms with Crippen LogP contribution in [-0.4, -0.2) is 66.8 Å². The van der Waals surface area contributed by atoms with Crippen LogP contribution in [0.15, 0.2) is 0 Å². The lowest BCUT2D eigenvalue weighted by Gasteiger charge is -2.37. The fourth-order valence-corrected chi connectivity index (χ4v) is 1.77. The normalized spacial score (nSPS) is 27.9. The van der Waals surface area contributed by atoms with E-state index in [2.05, 4.69) is 23.8 Å². The lowest BCUT2D eigenvalue weighted by molar-refractivity contribution is 0.100. The summed E-state index contributed by atoms with van der Waals surface area (Å²) in [7, 11) is 2.17. The summed E-state index contributed by atoms with van der Waals surface area (Å²) in [5.74, 6) is 0. The maximum absolute atomic E-state index is 8.81. The summed E-state index contributed by atoms with van der Waals surface area (Å²) in [4.78, 5) is 4.81. The largest absolute Gasteiger partial charge is 0.395 e. The van der Waals surface area contributed by atoms with Gasteiger partial charge in [0.2, 0.25) is 0 Å². The summed E-state index contributed by atoms with van der Waals surface area (Å²) in [6.45, 7) is 6.74. The molecule has 84 valence electrons. The minimum absolute atomic E-state index is 0.0510. The van der Waals surface area contributed by atoms with E-state index in [1.54, 1.807) is 0 Å². The van der Waals surface area contributed by atoms with E-state index in [1.807, 2.05) is 0 Å². The molecule has 1 fully saturated rings. The topological polar surface area (TPSA) is 52.7 Å². The van der Waals surface area contributed by atoms with Gasteiger partial charge in [0.15, 0.2) is 0 Å². The van der Waals surface area contributed by atoms with Crippen molar-refractivity contribution in [3.8, 4) is 0 Å². The van der Waals surface area contributed by atoms with Gasteiger partial charge in [0, 0.05) is 31.7 Å². The Morgan fingerprint density at radius 1 is 1.50 bits per heavy atom. The number of nitrogens with zero attached hydrogens (tertiary/aromatic N) is 2. The van der Waals surface area contributed by atoms with Crippen LogP contribution in [0.1, 0.15) is 13.3 Å². The molecule has 4 heteroatoms. The molecular weight excluding hydrogens is 178 g/mol. The molecule has 0 spiro atoms. The van der Waals surface area contributed by atoms with Gasteiger partial charge in [0.25, 0.3) is 0 Å². The van der Waals surface area contributed by atoms with Crippen LogP contribution < -0.4 is 5.73 Å². The van der Waals surface area contributed by atoms with Crippen molar-refractivity contribution in [2.45, 2.75) is 25.4 Å². The SMILES string of the molecule is CC1CN(CCC(N)CO)CCN1C. The Balaban J connectivity index is 2.20. The van der Waals surface area contributed by atoms with Gasteiger partial charge >= 0.3 is 0 Å². The van der Waals surface area contributed by atoms with Crippen molar-refractivity contribution in [1.29, 1.82) is 0 Å². The molecule has 0 radical (unpaired) electrons. The molecule has 3 N–H and O–H groups in total. The number of nitrogens with two attached hydrogens (primary N) is 1. The highest BCUT2D eigenvalue weighted by atomic mass is 16.3. The van der Waals surface area contributed by atoms with E-state index in [0.29, 0.717) is 6.04 Å². The van der Waals surface area contributed by atoms with Crippen LogP contribution in [0.4, 0.5) is 0 Å². The molecule has 0 aromatic carbocycles. The van der Waals surface area contributed by atoms with Gasteiger partial charge in [0.05, 0.1) is 6.61 Å². The molecule has 1 aliphatic rings. The zero-order valence-corrected chi connectivity index (χ0v) is 9.32. The molecule has 0 aromatic rings. The van der Waals surface area contributed by atoms with Gasteiger partial charge < -0.3 is 20.6 Å². The number of rotatable bonds is 4. The summed E-state index contributed by atoms with van der Waals surface area (Å²) in [6, 6.07) is 0.582. The van der Waals surface area contributed by atoms with Crippen LogP contribution in [0.2, 0.25) is 0 Å². The van der Waals surface area contributed by atoms with Crippen LogP contribution in [-0.2, 0) is 0 Å². The monoisotopic (exact) mass is 201 g/mol. The maximum atomic E-state index is 8.81. The highest BCUT2D eigenvalue weighted by molar-refractivity contribution is 4.77. The predicted molar refractivity (Wildman–Crippen MR) is 58.2 cm³/mol. The molecule has 0 aliphatic carbocycles. The Morgan fingerprint density at radius 3 is 2.79 bits per heavy atom. The molecular formula is C10H23N3O. The van der Waals surface area contributed by atoms with E-state index in [-0.39, 0.29) is 12.6 Å². The molecule has 0 saturated carbocycles. The number of aliphatic hydroxyl groups is 1. The van der Waals surface area contributed by atoms with Crippen LogP contribution >= 0.6 is 0 Å². The Kier molecular flexibility index (Phi) is 4.81. The fourth-order valence-electron chi connectivity index (χ4n) is 1.77. The summed E-state index contributed by atoms with van der Waals surface area (Å²) in [5.41, 5.74) is 5.66. The van der Waals surface area contributed by atoms with Crippen LogP contribution in [0.3, 0.4) is 0 Å². The van der Waals surface area contributed by atoms with Crippen molar-refractivity contribution in [3.05, 3.63) is 0 Å². The van der Waals surface area contributed by atoms with Crippen LogP contribution in [0.25, 0.3) is 0 Å². The first-order valence-electron chi connectivity index (χ1n) is 5.42. The van der Waals surface area contributed by atoms with Crippen molar-refractivity contribution in [1.82, 2.24) is 9.80 Å². The van der Waals surface area contributed by atoms with Crippen molar-refractivity contribution >= 4 is 0 Å². The standard InChI is InChI=1S/C10H23N3O/c1-9-7-13(6-5-12(9)2)4-3-10(11)8-14/h9-10,14H,3-8,11H2,1-2H3. The molecule has 1 heterocycles. The highest BCUT2D eigenvalue weighted by Crippen LogP contribution is 2.07. The average molecular weight is 201 g/mol. The molecule has 1 aliphatic heterocycles. The van der Waals surface area contributed by atoms with E-state index in [0.717, 1.165) is 32.6 Å². The Labute approximate surface area is 86.7 Å². The second kappa shape index (κ2) is 5.66. The van der Waals surface area contributed by atoms with Gasteiger partial charge in [-0.25, -0.2) is 0 Å². The number of aliphatic hydroxyl groups excluding tert-OH is 1. The minimum Gasteiger partial charge on any atom is -0.395 e. The van der Waals surface area contributed by atoms with Crippen LogP contribution in [0, 0.1) is 0 Å². The molecule has 1 rings (SSSR count). The summed E-state index contributed by atoms with van der Waals surface area (Å²) in [5, 5.41) is 8.81. The Morgan fingerprint density at radius 2 is 2.21 bits per heavy atom. The van der Waals surface area contributed by atoms with Gasteiger partial charge in [-0.05, 0) is 26.9 Å². The third-order valence-corrected chi connectivity index (χ3v) is 3.09. The molecule has 2 atom stereocenters. The molecule has 0 aromatic heterocycles. The fraction of sp³-hybridized carbons (Fsp3) is 1.00. The lowest BCUT2D eigenvalue weighted by atomic mass is 10.1. The quantitative estimate of drug-likeness (QED) is 0.633. The summed E-state index contributed by atoms with van der Waals surface area (Å²) < 4.78 is 0. The first kappa shape index (κ1) is 11.9. The molecule has 2 unspecified atom stereocenters. The molecule has 14 heavy (non-hydrogen) atoms. The first-order chi connectivity index (χ1) is 6.63. The molecule has 0 bridgehead atoms. The van der Waals surface area contributed by atoms with Crippen molar-refractivity contribution in [2.24, 2.45) is 5.73 Å². The second-order valence-electron chi connectivity index (χ2n) is 4.36. The smallest absolute Gasteiger partial charge is 0.0583 e. The Hall–Kier alpha value is -0.160. The van der Waals surface area contributed by atoms with Gasteiger partial charge in [-0.1, -0.05) is 0 Å². The number of hydrogen-bond acceptors (Lipinski definition) is 4. The Bertz CT molecular complexity index is 165. The number of likely N-dealkylation sites (N-methyl/N-ethyl adjacent to an activating group) is 1. The summed E-state index contributed by atoms with van der Waals surface area (Å²) in [6.07, 6.45) is 0.896. The van der Waals surface area contributed by atoms with Gasteiger partial charge in [0.1, 0.15) is 0 Å². The minimum atomic E-state index is -0.0510. The molecule has 0 amide bonds. The number of piperazine rings is 1. The van der Waals surface area contributed by atoms with E-state index < -0.39 is 0 Å². The van der Waals surface area contributed by atoms with Gasteiger partial charge in [-0.15, -0.1) is 0 Å². The zero-order chi connectivity index (χ0) is 10.6. The van der Waals surface area contributed by atoms with Crippen molar-refractivity contribution in [2.75, 3.05) is 39.8 Å². The third kappa shape index (κ3) is 3.53. The molecule has 1 saturated heterocycles. The number of hydrogen-bond donors (Lipinski definition) is 2. The van der Waals surface area contributed by atoms with Crippen LogP contribution in [0.5, 0.6) is 0 Å². The first-order valence-corrected chi connectivity index (χ1v) is 5.42. The second-order valence-corrected chi connectivity index (χ2v) is 4.36. The van der Waals surface area contributed by atoms with Crippen molar-refractivity contribution < 1.29 is 5.11 Å². The highest BCUT2D eigenvalue weighted by Gasteiger charge is 2.20. The summed E-state index contributed by atoms with van der Waals surface area (Å²) >= 11 is 0. The average Bonchev–Trinajstić information content (AvgIpc) is 2.19.